The fourth-order valence-electron chi connectivity index (χ4n) is 4.81. The molecule has 2 amide bonds. The lowest BCUT2D eigenvalue weighted by molar-refractivity contribution is -0.220. The number of amides is 2. The summed E-state index contributed by atoms with van der Waals surface area (Å²) in [4.78, 5) is 28.3. The summed E-state index contributed by atoms with van der Waals surface area (Å²) in [5, 5.41) is 3.05. The van der Waals surface area contributed by atoms with E-state index in [1.807, 2.05) is 51.1 Å². The van der Waals surface area contributed by atoms with Crippen LogP contribution in [0.3, 0.4) is 0 Å². The van der Waals surface area contributed by atoms with E-state index in [1.165, 1.54) is 4.90 Å². The van der Waals surface area contributed by atoms with Crippen LogP contribution in [0.2, 0.25) is 0 Å². The summed E-state index contributed by atoms with van der Waals surface area (Å²) < 4.78 is 29.6. The van der Waals surface area contributed by atoms with Crippen molar-refractivity contribution >= 4 is 12.0 Å². The van der Waals surface area contributed by atoms with Gasteiger partial charge in [-0.2, -0.15) is 0 Å². The first-order valence-corrected chi connectivity index (χ1v) is 12.6. The molecular weight excluding hydrogens is 466 g/mol. The minimum Gasteiger partial charge on any atom is -0.445 e. The van der Waals surface area contributed by atoms with Gasteiger partial charge in [0.2, 0.25) is 5.91 Å². The molecule has 3 heterocycles. The van der Waals surface area contributed by atoms with Gasteiger partial charge in [-0.1, -0.05) is 30.3 Å². The molecule has 0 spiro atoms. The van der Waals surface area contributed by atoms with Crippen molar-refractivity contribution in [3.8, 4) is 0 Å². The van der Waals surface area contributed by atoms with Crippen LogP contribution >= 0.6 is 0 Å². The van der Waals surface area contributed by atoms with Crippen LogP contribution in [-0.4, -0.2) is 98.1 Å². The van der Waals surface area contributed by atoms with E-state index in [-0.39, 0.29) is 30.8 Å². The summed E-state index contributed by atoms with van der Waals surface area (Å²) in [7, 11) is 3.40. The number of hydrogen-bond donors (Lipinski definition) is 1. The van der Waals surface area contributed by atoms with E-state index < -0.39 is 30.4 Å². The highest BCUT2D eigenvalue weighted by Gasteiger charge is 2.55. The Morgan fingerprint density at radius 2 is 1.81 bits per heavy atom. The molecule has 0 unspecified atom stereocenters. The molecule has 0 radical (unpaired) electrons. The standard InChI is InChI=1S/C26H39N3O7/c1-25(2)35-22-21(32-17-20(30)28(4)5)19(34-23(22)36-25)15-29-13-11-26(3,12-14-29)27-24(31)33-16-18-9-7-6-8-10-18/h6-10,19,21-23H,11-17H2,1-5H3,(H,27,31)/t19-,21+,22-,23-/m1/s1. The molecule has 0 saturated carbocycles. The summed E-state index contributed by atoms with van der Waals surface area (Å²) in [6.07, 6.45) is -0.483. The number of alkyl carbamates (subject to hydrolysis) is 1. The molecule has 3 saturated heterocycles. The van der Waals surface area contributed by atoms with Crippen LogP contribution in [0.5, 0.6) is 0 Å². The number of likely N-dealkylation sites (tertiary alicyclic amines) is 1. The van der Waals surface area contributed by atoms with Crippen molar-refractivity contribution < 1.29 is 33.3 Å². The van der Waals surface area contributed by atoms with Gasteiger partial charge in [-0.25, -0.2) is 4.79 Å². The van der Waals surface area contributed by atoms with Gasteiger partial charge in [0.15, 0.2) is 12.1 Å². The normalized spacial score (nSPS) is 28.9. The van der Waals surface area contributed by atoms with E-state index in [4.69, 9.17) is 23.7 Å². The zero-order valence-electron chi connectivity index (χ0n) is 21.9. The maximum absolute atomic E-state index is 12.4. The Labute approximate surface area is 213 Å². The van der Waals surface area contributed by atoms with Gasteiger partial charge >= 0.3 is 6.09 Å². The fraction of sp³-hybridized carbons (Fsp3) is 0.692. The molecule has 3 aliphatic rings. The molecule has 0 bridgehead atoms. The highest BCUT2D eigenvalue weighted by atomic mass is 16.8. The average molecular weight is 506 g/mol. The minimum absolute atomic E-state index is 0.0440. The number of rotatable bonds is 8. The zero-order valence-corrected chi connectivity index (χ0v) is 21.9. The molecule has 36 heavy (non-hydrogen) atoms. The van der Waals surface area contributed by atoms with Crippen LogP contribution in [0.15, 0.2) is 30.3 Å². The Hall–Kier alpha value is -2.24. The molecular formula is C26H39N3O7. The Balaban J connectivity index is 1.27. The Kier molecular flexibility index (Phi) is 8.21. The molecule has 4 atom stereocenters. The van der Waals surface area contributed by atoms with E-state index >= 15 is 0 Å². The number of benzene rings is 1. The second-order valence-electron chi connectivity index (χ2n) is 10.8. The SMILES string of the molecule is CN(C)C(=O)CO[C@@H]1[C@H]2OC(C)(C)O[C@H]2O[C@@H]1CN1CCC(C)(NC(=O)OCc2ccccc2)CC1. The number of fused-ring (bicyclic) bond motifs is 1. The van der Waals surface area contributed by atoms with Crippen molar-refractivity contribution in [1.82, 2.24) is 15.1 Å². The molecule has 10 heteroatoms. The summed E-state index contributed by atoms with van der Waals surface area (Å²) in [5.74, 6) is -0.879. The maximum Gasteiger partial charge on any atom is 0.407 e. The van der Waals surface area contributed by atoms with Crippen molar-refractivity contribution in [2.75, 3.05) is 40.3 Å². The zero-order chi connectivity index (χ0) is 25.9. The van der Waals surface area contributed by atoms with Gasteiger partial charge < -0.3 is 38.8 Å². The van der Waals surface area contributed by atoms with Crippen LogP contribution in [-0.2, 0) is 35.1 Å². The lowest BCUT2D eigenvalue weighted by Gasteiger charge is -2.40. The van der Waals surface area contributed by atoms with Gasteiger partial charge in [0.05, 0.1) is 0 Å². The number of carbonyl (C=O) groups excluding carboxylic acids is 2. The van der Waals surface area contributed by atoms with Crippen molar-refractivity contribution in [2.24, 2.45) is 0 Å². The highest BCUT2D eigenvalue weighted by molar-refractivity contribution is 5.76. The lowest BCUT2D eigenvalue weighted by Crippen LogP contribution is -2.55. The van der Waals surface area contributed by atoms with E-state index in [0.717, 1.165) is 31.5 Å². The molecule has 3 aliphatic heterocycles. The summed E-state index contributed by atoms with van der Waals surface area (Å²) >= 11 is 0. The molecule has 1 aromatic carbocycles. The Morgan fingerprint density at radius 1 is 1.11 bits per heavy atom. The summed E-state index contributed by atoms with van der Waals surface area (Å²) in [6, 6.07) is 9.63. The van der Waals surface area contributed by atoms with Gasteiger partial charge in [0.25, 0.3) is 0 Å². The number of nitrogens with one attached hydrogen (secondary N) is 1. The monoisotopic (exact) mass is 505 g/mol. The minimum atomic E-state index is -0.763. The van der Waals surface area contributed by atoms with Crippen LogP contribution in [0.25, 0.3) is 0 Å². The van der Waals surface area contributed by atoms with Gasteiger partial charge in [-0.15, -0.1) is 0 Å². The third-order valence-electron chi connectivity index (χ3n) is 7.00. The number of piperidine rings is 1. The molecule has 1 aromatic rings. The predicted molar refractivity (Wildman–Crippen MR) is 131 cm³/mol. The van der Waals surface area contributed by atoms with Gasteiger partial charge in [-0.3, -0.25) is 4.79 Å². The largest absolute Gasteiger partial charge is 0.445 e. The van der Waals surface area contributed by atoms with Crippen LogP contribution < -0.4 is 5.32 Å². The van der Waals surface area contributed by atoms with Gasteiger partial charge in [-0.05, 0) is 39.2 Å². The number of hydrogen-bond acceptors (Lipinski definition) is 8. The molecule has 0 aromatic heterocycles. The maximum atomic E-state index is 12.4. The van der Waals surface area contributed by atoms with Crippen LogP contribution in [0.1, 0.15) is 39.2 Å². The average Bonchev–Trinajstić information content (AvgIpc) is 3.29. The third kappa shape index (κ3) is 6.74. The molecule has 10 nitrogen and oxygen atoms in total. The van der Waals surface area contributed by atoms with Crippen molar-refractivity contribution in [2.45, 2.75) is 76.1 Å². The predicted octanol–water partition coefficient (Wildman–Crippen LogP) is 2.12. The fourth-order valence-corrected chi connectivity index (χ4v) is 4.81. The second kappa shape index (κ2) is 11.0. The number of nitrogens with zero attached hydrogens (tertiary/aromatic N) is 2. The van der Waals surface area contributed by atoms with Crippen molar-refractivity contribution in [3.05, 3.63) is 35.9 Å². The Bertz CT molecular complexity index is 902. The van der Waals surface area contributed by atoms with E-state index in [9.17, 15) is 9.59 Å². The third-order valence-corrected chi connectivity index (χ3v) is 7.00. The summed E-state index contributed by atoms with van der Waals surface area (Å²) in [5.41, 5.74) is 0.607. The van der Waals surface area contributed by atoms with Gasteiger partial charge in [0, 0.05) is 39.3 Å². The molecule has 4 rings (SSSR count). The molecule has 0 aliphatic carbocycles. The van der Waals surface area contributed by atoms with Gasteiger partial charge in [0.1, 0.15) is 31.5 Å². The first-order chi connectivity index (χ1) is 17.0. The van der Waals surface area contributed by atoms with Crippen LogP contribution in [0.4, 0.5) is 4.79 Å². The number of ether oxygens (including phenoxy) is 5. The number of carbonyl (C=O) groups is 2. The topological polar surface area (TPSA) is 98.8 Å². The smallest absolute Gasteiger partial charge is 0.407 e. The van der Waals surface area contributed by atoms with E-state index in [2.05, 4.69) is 10.2 Å². The first-order valence-electron chi connectivity index (χ1n) is 12.6. The highest BCUT2D eigenvalue weighted by Crippen LogP contribution is 2.39. The molecule has 200 valence electrons. The lowest BCUT2D eigenvalue weighted by atomic mass is 9.89. The summed E-state index contributed by atoms with van der Waals surface area (Å²) in [6.45, 7) is 8.11. The van der Waals surface area contributed by atoms with Crippen LogP contribution in [0, 0.1) is 0 Å². The first kappa shape index (κ1) is 26.8. The quantitative estimate of drug-likeness (QED) is 0.574. The van der Waals surface area contributed by atoms with Crippen molar-refractivity contribution in [1.29, 1.82) is 0 Å². The van der Waals surface area contributed by atoms with E-state index in [1.54, 1.807) is 14.1 Å². The molecule has 3 fully saturated rings. The molecule has 1 N–H and O–H groups in total. The van der Waals surface area contributed by atoms with E-state index in [0.29, 0.717) is 6.54 Å². The second-order valence-corrected chi connectivity index (χ2v) is 10.8. The van der Waals surface area contributed by atoms with Crippen molar-refractivity contribution in [3.63, 3.8) is 0 Å². The Morgan fingerprint density at radius 3 is 2.47 bits per heavy atom. The number of likely N-dealkylation sites (N-methyl/N-ethyl adjacent to an activating group) is 1.